The first-order valence-electron chi connectivity index (χ1n) is 9.16. The van der Waals surface area contributed by atoms with E-state index >= 15 is 0 Å². The van der Waals surface area contributed by atoms with E-state index in [1.54, 1.807) is 6.07 Å². The number of benzene rings is 2. The molecule has 0 aliphatic carbocycles. The maximum atomic E-state index is 12.7. The molecule has 0 radical (unpaired) electrons. The highest BCUT2D eigenvalue weighted by molar-refractivity contribution is 7.80. The number of fused-ring (bicyclic) bond motifs is 2. The molecule has 1 aliphatic rings. The molecule has 2 heterocycles. The van der Waals surface area contributed by atoms with Gasteiger partial charge in [-0.2, -0.15) is 0 Å². The van der Waals surface area contributed by atoms with E-state index in [-0.39, 0.29) is 12.4 Å². The number of ether oxygens (including phenoxy) is 2. The number of H-pyrrole nitrogens is 1. The number of hydrogen-bond acceptors (Lipinski definition) is 4. The fraction of sp³-hybridized carbons (Fsp3) is 0.238. The van der Waals surface area contributed by atoms with Crippen LogP contribution in [0.5, 0.6) is 11.5 Å². The van der Waals surface area contributed by atoms with Gasteiger partial charge in [0.2, 0.25) is 6.79 Å². The van der Waals surface area contributed by atoms with Gasteiger partial charge in [0, 0.05) is 30.1 Å². The number of thiocarbonyl (C=S) groups is 1. The predicted octanol–water partition coefficient (Wildman–Crippen LogP) is 3.15. The molecule has 0 unspecified atom stereocenters. The molecule has 4 rings (SSSR count). The molecule has 0 bridgehead atoms. The van der Waals surface area contributed by atoms with E-state index in [4.69, 9.17) is 21.7 Å². The molecule has 3 aromatic rings. The van der Waals surface area contributed by atoms with Gasteiger partial charge in [0.1, 0.15) is 0 Å². The summed E-state index contributed by atoms with van der Waals surface area (Å²) in [7, 11) is 0. The number of nitrogens with zero attached hydrogens (tertiary/aromatic N) is 1. The van der Waals surface area contributed by atoms with Gasteiger partial charge in [-0.05, 0) is 36.8 Å². The third-order valence-corrected chi connectivity index (χ3v) is 5.01. The average Bonchev–Trinajstić information content (AvgIpc) is 3.14. The first kappa shape index (κ1) is 18.3. The summed E-state index contributed by atoms with van der Waals surface area (Å²) in [4.78, 5) is 17.6. The lowest BCUT2D eigenvalue weighted by Crippen LogP contribution is -2.39. The Kier molecular flexibility index (Phi) is 5.16. The minimum Gasteiger partial charge on any atom is -0.454 e. The number of aromatic nitrogens is 1. The minimum absolute atomic E-state index is 0.135. The highest BCUT2D eigenvalue weighted by Crippen LogP contribution is 2.35. The van der Waals surface area contributed by atoms with E-state index in [1.165, 1.54) is 0 Å². The summed E-state index contributed by atoms with van der Waals surface area (Å²) in [6.07, 6.45) is 0. The Hall–Kier alpha value is -3.06. The van der Waals surface area contributed by atoms with Gasteiger partial charge >= 0.3 is 0 Å². The van der Waals surface area contributed by atoms with Crippen LogP contribution < -0.4 is 20.3 Å². The quantitative estimate of drug-likeness (QED) is 0.647. The van der Waals surface area contributed by atoms with Crippen molar-refractivity contribution in [3.05, 3.63) is 70.0 Å². The fourth-order valence-corrected chi connectivity index (χ4v) is 3.50. The van der Waals surface area contributed by atoms with E-state index in [0.29, 0.717) is 35.3 Å². The number of rotatable bonds is 5. The Balaban J connectivity index is 1.66. The molecule has 1 aromatic heterocycles. The second kappa shape index (κ2) is 7.90. The minimum atomic E-state index is -0.135. The van der Waals surface area contributed by atoms with Crippen LogP contribution in [-0.4, -0.2) is 28.3 Å². The molecule has 7 heteroatoms. The van der Waals surface area contributed by atoms with Crippen LogP contribution in [0.1, 0.15) is 18.1 Å². The SMILES string of the molecule is CCNC(=S)N(Cc1ccccc1)Cc1cc2cc3c(cc2[nH]c1=O)OCO3. The molecule has 0 fully saturated rings. The monoisotopic (exact) mass is 395 g/mol. The van der Waals surface area contributed by atoms with E-state index in [0.717, 1.165) is 23.0 Å². The molecular weight excluding hydrogens is 374 g/mol. The normalized spacial score (nSPS) is 12.2. The van der Waals surface area contributed by atoms with E-state index in [2.05, 4.69) is 10.3 Å². The van der Waals surface area contributed by atoms with Crippen molar-refractivity contribution in [1.29, 1.82) is 0 Å². The van der Waals surface area contributed by atoms with Gasteiger partial charge in [0.15, 0.2) is 16.6 Å². The zero-order valence-electron chi connectivity index (χ0n) is 15.5. The van der Waals surface area contributed by atoms with Crippen LogP contribution in [0, 0.1) is 0 Å². The number of hydrogen-bond donors (Lipinski definition) is 2. The summed E-state index contributed by atoms with van der Waals surface area (Å²) < 4.78 is 10.8. The zero-order chi connectivity index (χ0) is 19.5. The highest BCUT2D eigenvalue weighted by atomic mass is 32.1. The van der Waals surface area contributed by atoms with Gasteiger partial charge in [0.25, 0.3) is 5.56 Å². The summed E-state index contributed by atoms with van der Waals surface area (Å²) in [5.74, 6) is 1.34. The van der Waals surface area contributed by atoms with Crippen LogP contribution in [0.4, 0.5) is 0 Å². The van der Waals surface area contributed by atoms with Crippen LogP contribution in [0.25, 0.3) is 10.9 Å². The Morgan fingerprint density at radius 3 is 2.64 bits per heavy atom. The number of aromatic amines is 1. The van der Waals surface area contributed by atoms with Gasteiger partial charge in [-0.15, -0.1) is 0 Å². The first-order valence-corrected chi connectivity index (χ1v) is 9.57. The van der Waals surface area contributed by atoms with E-state index in [9.17, 15) is 4.79 Å². The lowest BCUT2D eigenvalue weighted by atomic mass is 10.1. The van der Waals surface area contributed by atoms with Gasteiger partial charge in [-0.1, -0.05) is 30.3 Å². The second-order valence-corrected chi connectivity index (χ2v) is 6.98. The van der Waals surface area contributed by atoms with Crippen molar-refractivity contribution in [3.8, 4) is 11.5 Å². The maximum absolute atomic E-state index is 12.7. The third-order valence-electron chi connectivity index (χ3n) is 4.61. The molecule has 28 heavy (non-hydrogen) atoms. The summed E-state index contributed by atoms with van der Waals surface area (Å²) in [5, 5.41) is 4.70. The Morgan fingerprint density at radius 2 is 1.89 bits per heavy atom. The third kappa shape index (κ3) is 3.80. The fourth-order valence-electron chi connectivity index (χ4n) is 3.23. The number of pyridine rings is 1. The van der Waals surface area contributed by atoms with Crippen molar-refractivity contribution in [2.45, 2.75) is 20.0 Å². The molecule has 2 aromatic carbocycles. The lowest BCUT2D eigenvalue weighted by molar-refractivity contribution is 0.174. The Morgan fingerprint density at radius 1 is 1.14 bits per heavy atom. The smallest absolute Gasteiger partial charge is 0.253 e. The summed E-state index contributed by atoms with van der Waals surface area (Å²) in [6.45, 7) is 3.94. The zero-order valence-corrected chi connectivity index (χ0v) is 16.3. The van der Waals surface area contributed by atoms with Gasteiger partial charge in [0.05, 0.1) is 12.1 Å². The highest BCUT2D eigenvalue weighted by Gasteiger charge is 2.17. The largest absolute Gasteiger partial charge is 0.454 e. The van der Waals surface area contributed by atoms with Crippen LogP contribution in [0.2, 0.25) is 0 Å². The maximum Gasteiger partial charge on any atom is 0.253 e. The van der Waals surface area contributed by atoms with Crippen LogP contribution >= 0.6 is 12.2 Å². The summed E-state index contributed by atoms with van der Waals surface area (Å²) >= 11 is 5.54. The molecule has 0 spiro atoms. The molecule has 144 valence electrons. The van der Waals surface area contributed by atoms with E-state index in [1.807, 2.05) is 54.3 Å². The van der Waals surface area contributed by atoms with Gasteiger partial charge < -0.3 is 24.7 Å². The lowest BCUT2D eigenvalue weighted by Gasteiger charge is -2.25. The summed E-state index contributed by atoms with van der Waals surface area (Å²) in [6, 6.07) is 15.6. The molecular formula is C21H21N3O3S. The van der Waals surface area contributed by atoms with Crippen molar-refractivity contribution in [2.24, 2.45) is 0 Å². The van der Waals surface area contributed by atoms with Crippen LogP contribution in [-0.2, 0) is 13.1 Å². The standard InChI is InChI=1S/C21H21N3O3S/c1-2-22-21(28)24(11-14-6-4-3-5-7-14)12-16-8-15-9-18-19(27-13-26-18)10-17(15)23-20(16)25/h3-10H,2,11-13H2,1H3,(H,22,28)(H,23,25). The van der Waals surface area contributed by atoms with Gasteiger partial charge in [-0.3, -0.25) is 4.79 Å². The Bertz CT molecular complexity index is 1070. The van der Waals surface area contributed by atoms with Gasteiger partial charge in [-0.25, -0.2) is 0 Å². The molecule has 6 nitrogen and oxygen atoms in total. The van der Waals surface area contributed by atoms with E-state index < -0.39 is 0 Å². The van der Waals surface area contributed by atoms with Crippen molar-refractivity contribution >= 4 is 28.2 Å². The van der Waals surface area contributed by atoms with Crippen molar-refractivity contribution in [2.75, 3.05) is 13.3 Å². The van der Waals surface area contributed by atoms with Crippen molar-refractivity contribution in [3.63, 3.8) is 0 Å². The average molecular weight is 395 g/mol. The molecule has 0 atom stereocenters. The molecule has 1 aliphatic heterocycles. The summed E-state index contributed by atoms with van der Waals surface area (Å²) in [5.41, 5.74) is 2.36. The van der Waals surface area contributed by atoms with Crippen LogP contribution in [0.15, 0.2) is 53.3 Å². The molecule has 0 saturated carbocycles. The second-order valence-electron chi connectivity index (χ2n) is 6.59. The number of nitrogens with one attached hydrogen (secondary N) is 2. The molecule has 0 amide bonds. The van der Waals surface area contributed by atoms with Crippen LogP contribution in [0.3, 0.4) is 0 Å². The first-order chi connectivity index (χ1) is 13.6. The molecule has 2 N–H and O–H groups in total. The molecule has 0 saturated heterocycles. The topological polar surface area (TPSA) is 66.6 Å². The van der Waals surface area contributed by atoms with Crippen molar-refractivity contribution in [1.82, 2.24) is 15.2 Å². The Labute approximate surface area is 168 Å². The predicted molar refractivity (Wildman–Crippen MR) is 113 cm³/mol. The van der Waals surface area contributed by atoms with Crippen molar-refractivity contribution < 1.29 is 9.47 Å².